The molecule has 1 saturated heterocycles. The number of amides is 2. The first kappa shape index (κ1) is 30.4. The largest absolute Gasteiger partial charge is 0.493 e. The number of hydrogen-bond donors (Lipinski definition) is 4. The van der Waals surface area contributed by atoms with Gasteiger partial charge >= 0.3 is 12.1 Å². The lowest BCUT2D eigenvalue weighted by atomic mass is 10.1. The van der Waals surface area contributed by atoms with Gasteiger partial charge in [-0.15, -0.1) is 0 Å². The predicted octanol–water partition coefficient (Wildman–Crippen LogP) is 3.65. The summed E-state index contributed by atoms with van der Waals surface area (Å²) >= 11 is 0. The van der Waals surface area contributed by atoms with Crippen LogP contribution in [0.2, 0.25) is 0 Å². The van der Waals surface area contributed by atoms with Crippen LogP contribution in [-0.4, -0.2) is 61.9 Å². The van der Waals surface area contributed by atoms with Crippen LogP contribution in [0.5, 0.6) is 5.75 Å². The van der Waals surface area contributed by atoms with Gasteiger partial charge < -0.3 is 30.7 Å². The first-order valence-corrected chi connectivity index (χ1v) is 12.1. The molecule has 2 amide bonds. The van der Waals surface area contributed by atoms with Crippen molar-refractivity contribution in [1.82, 2.24) is 10.6 Å². The van der Waals surface area contributed by atoms with Gasteiger partial charge in [-0.05, 0) is 42.8 Å². The number of carboxylic acid groups (broad SMARTS) is 1. The average molecular weight is 539 g/mol. The molecule has 3 rings (SSSR count). The van der Waals surface area contributed by atoms with Crippen LogP contribution >= 0.6 is 0 Å². The fraction of sp³-hybridized carbons (Fsp3) is 0.423. The zero-order valence-corrected chi connectivity index (χ0v) is 21.5. The van der Waals surface area contributed by atoms with Crippen LogP contribution < -0.4 is 25.6 Å². The molecule has 1 aliphatic heterocycles. The van der Waals surface area contributed by atoms with Gasteiger partial charge in [0, 0.05) is 50.0 Å². The smallest absolute Gasteiger partial charge is 0.490 e. The Kier molecular flexibility index (Phi) is 11.4. The van der Waals surface area contributed by atoms with Crippen LogP contribution in [-0.2, 0) is 16.1 Å². The van der Waals surface area contributed by atoms with E-state index < -0.39 is 12.1 Å². The first-order chi connectivity index (χ1) is 17.9. The molecule has 0 aliphatic carbocycles. The first-order valence-electron chi connectivity index (χ1n) is 12.1. The summed E-state index contributed by atoms with van der Waals surface area (Å²) in [5.41, 5.74) is 3.18. The van der Waals surface area contributed by atoms with Crippen molar-refractivity contribution in [3.8, 4) is 5.75 Å². The Morgan fingerprint density at radius 3 is 2.34 bits per heavy atom. The van der Waals surface area contributed by atoms with Gasteiger partial charge in [0.15, 0.2) is 0 Å². The predicted molar refractivity (Wildman–Crippen MR) is 137 cm³/mol. The third kappa shape index (κ3) is 9.58. The van der Waals surface area contributed by atoms with Crippen molar-refractivity contribution < 1.29 is 37.4 Å². The Balaban J connectivity index is 0.000000638. The normalized spacial score (nSPS) is 13.3. The molecular formula is C26H33F3N4O5. The molecule has 0 spiro atoms. The molecule has 1 aliphatic rings. The van der Waals surface area contributed by atoms with Gasteiger partial charge in [0.25, 0.3) is 5.91 Å². The van der Waals surface area contributed by atoms with Gasteiger partial charge in [-0.2, -0.15) is 13.2 Å². The SMILES string of the molecule is CCOc1ccc(NC(=O)C(C)C)cc1C(=O)NCc1cccc(N2CCNCC2)c1.O=C(O)C(F)(F)F. The molecule has 9 nitrogen and oxygen atoms in total. The number of benzene rings is 2. The van der Waals surface area contributed by atoms with E-state index in [4.69, 9.17) is 14.6 Å². The highest BCUT2D eigenvalue weighted by Gasteiger charge is 2.38. The van der Waals surface area contributed by atoms with Gasteiger partial charge in [-0.25, -0.2) is 4.79 Å². The molecule has 0 atom stereocenters. The van der Waals surface area contributed by atoms with Crippen LogP contribution in [0, 0.1) is 5.92 Å². The number of carbonyl (C=O) groups excluding carboxylic acids is 2. The van der Waals surface area contributed by atoms with E-state index in [1.54, 1.807) is 18.2 Å². The Bertz CT molecular complexity index is 1100. The lowest BCUT2D eigenvalue weighted by Gasteiger charge is -2.29. The quantitative estimate of drug-likeness (QED) is 0.405. The second kappa shape index (κ2) is 14.2. The molecule has 1 heterocycles. The number of alkyl halides is 3. The summed E-state index contributed by atoms with van der Waals surface area (Å²) in [6, 6.07) is 13.4. The molecule has 0 radical (unpaired) electrons. The topological polar surface area (TPSA) is 120 Å². The van der Waals surface area contributed by atoms with Crippen molar-refractivity contribution >= 4 is 29.2 Å². The van der Waals surface area contributed by atoms with E-state index in [-0.39, 0.29) is 17.7 Å². The van der Waals surface area contributed by atoms with E-state index >= 15 is 0 Å². The summed E-state index contributed by atoms with van der Waals surface area (Å²) in [6.07, 6.45) is -5.08. The standard InChI is InChI=1S/C24H32N4O3.C2HF3O2/c1-4-31-22-9-8-19(27-23(29)17(2)3)15-21(22)24(30)26-16-18-6-5-7-20(14-18)28-12-10-25-11-13-28;3-2(4,5)1(6)7/h5-9,14-15,17,25H,4,10-13,16H2,1-3H3,(H,26,30)(H,27,29);(H,6,7). The number of rotatable bonds is 8. The minimum atomic E-state index is -5.08. The third-order valence-corrected chi connectivity index (χ3v) is 5.40. The van der Waals surface area contributed by atoms with Gasteiger partial charge in [-0.3, -0.25) is 9.59 Å². The summed E-state index contributed by atoms with van der Waals surface area (Å²) in [7, 11) is 0. The van der Waals surface area contributed by atoms with E-state index in [1.165, 1.54) is 5.69 Å². The monoisotopic (exact) mass is 538 g/mol. The van der Waals surface area contributed by atoms with E-state index in [0.29, 0.717) is 30.2 Å². The van der Waals surface area contributed by atoms with Crippen molar-refractivity contribution in [3.63, 3.8) is 0 Å². The van der Waals surface area contributed by atoms with Crippen LogP contribution in [0.25, 0.3) is 0 Å². The maximum Gasteiger partial charge on any atom is 0.490 e. The third-order valence-electron chi connectivity index (χ3n) is 5.40. The number of carbonyl (C=O) groups is 3. The van der Waals surface area contributed by atoms with Crippen molar-refractivity contribution in [2.24, 2.45) is 5.92 Å². The molecule has 2 aromatic rings. The molecule has 2 aromatic carbocycles. The lowest BCUT2D eigenvalue weighted by molar-refractivity contribution is -0.192. The number of piperazine rings is 1. The molecule has 0 aromatic heterocycles. The van der Waals surface area contributed by atoms with E-state index in [0.717, 1.165) is 31.7 Å². The number of aliphatic carboxylic acids is 1. The highest BCUT2D eigenvalue weighted by atomic mass is 19.4. The summed E-state index contributed by atoms with van der Waals surface area (Å²) in [6.45, 7) is 10.3. The maximum absolute atomic E-state index is 12.9. The van der Waals surface area contributed by atoms with Crippen LogP contribution in [0.3, 0.4) is 0 Å². The van der Waals surface area contributed by atoms with Crippen molar-refractivity contribution in [3.05, 3.63) is 53.6 Å². The van der Waals surface area contributed by atoms with Crippen molar-refractivity contribution in [1.29, 1.82) is 0 Å². The second-order valence-corrected chi connectivity index (χ2v) is 8.68. The molecule has 0 saturated carbocycles. The van der Waals surface area contributed by atoms with Gasteiger partial charge in [0.05, 0.1) is 12.2 Å². The Labute approximate surface area is 219 Å². The Morgan fingerprint density at radius 2 is 1.76 bits per heavy atom. The van der Waals surface area contributed by atoms with Crippen LogP contribution in [0.15, 0.2) is 42.5 Å². The molecule has 1 fully saturated rings. The number of nitrogens with zero attached hydrogens (tertiary/aromatic N) is 1. The molecule has 0 bridgehead atoms. The molecular weight excluding hydrogens is 505 g/mol. The summed E-state index contributed by atoms with van der Waals surface area (Å²) in [5.74, 6) is -2.74. The average Bonchev–Trinajstić information content (AvgIpc) is 2.88. The van der Waals surface area contributed by atoms with Crippen molar-refractivity contribution in [2.45, 2.75) is 33.5 Å². The number of halogens is 3. The van der Waals surface area contributed by atoms with Gasteiger partial charge in [0.2, 0.25) is 5.91 Å². The fourth-order valence-electron chi connectivity index (χ4n) is 3.42. The lowest BCUT2D eigenvalue weighted by Crippen LogP contribution is -2.43. The van der Waals surface area contributed by atoms with Crippen LogP contribution in [0.4, 0.5) is 24.5 Å². The van der Waals surface area contributed by atoms with Crippen LogP contribution in [0.1, 0.15) is 36.7 Å². The number of hydrogen-bond acceptors (Lipinski definition) is 6. The van der Waals surface area contributed by atoms with Gasteiger partial charge in [-0.1, -0.05) is 26.0 Å². The maximum atomic E-state index is 12.9. The minimum Gasteiger partial charge on any atom is -0.493 e. The van der Waals surface area contributed by atoms with Crippen molar-refractivity contribution in [2.75, 3.05) is 43.0 Å². The zero-order chi connectivity index (χ0) is 28.3. The van der Waals surface area contributed by atoms with E-state index in [2.05, 4.69) is 33.0 Å². The molecule has 38 heavy (non-hydrogen) atoms. The highest BCUT2D eigenvalue weighted by Crippen LogP contribution is 2.24. The second-order valence-electron chi connectivity index (χ2n) is 8.68. The van der Waals surface area contributed by atoms with Gasteiger partial charge in [0.1, 0.15) is 5.75 Å². The minimum absolute atomic E-state index is 0.0970. The zero-order valence-electron chi connectivity index (χ0n) is 21.5. The highest BCUT2D eigenvalue weighted by molar-refractivity contribution is 5.99. The molecule has 208 valence electrons. The summed E-state index contributed by atoms with van der Waals surface area (Å²) in [5, 5.41) is 16.3. The summed E-state index contributed by atoms with van der Waals surface area (Å²) < 4.78 is 37.4. The Morgan fingerprint density at radius 1 is 1.11 bits per heavy atom. The molecule has 0 unspecified atom stereocenters. The molecule has 12 heteroatoms. The Hall–Kier alpha value is -3.80. The number of anilines is 2. The number of carboxylic acids is 1. The van der Waals surface area contributed by atoms with E-state index in [9.17, 15) is 22.8 Å². The summed E-state index contributed by atoms with van der Waals surface area (Å²) in [4.78, 5) is 36.2. The number of nitrogens with one attached hydrogen (secondary N) is 3. The van der Waals surface area contributed by atoms with E-state index in [1.807, 2.05) is 32.9 Å². The number of ether oxygens (including phenoxy) is 1. The fourth-order valence-corrected chi connectivity index (χ4v) is 3.42. The molecule has 4 N–H and O–H groups in total.